The summed E-state index contributed by atoms with van der Waals surface area (Å²) < 4.78 is 6.73. The van der Waals surface area contributed by atoms with Crippen LogP contribution in [0.2, 0.25) is 5.02 Å². The topological polar surface area (TPSA) is 35.2 Å². The average molecular weight is 327 g/mol. The molecule has 2 rings (SSSR count). The Labute approximate surface area is 120 Å². The molecule has 0 atom stereocenters. The Kier molecular flexibility index (Phi) is 4.27. The largest absolute Gasteiger partial charge is 0.456 e. The zero-order chi connectivity index (χ0) is 13.1. The molecule has 0 heterocycles. The van der Waals surface area contributed by atoms with Crippen molar-refractivity contribution in [3.63, 3.8) is 0 Å². The quantitative estimate of drug-likeness (QED) is 0.890. The van der Waals surface area contributed by atoms with Crippen LogP contribution in [0.4, 0.5) is 0 Å². The van der Waals surface area contributed by atoms with Gasteiger partial charge in [0.2, 0.25) is 0 Å². The average Bonchev–Trinajstić information content (AvgIpc) is 2.33. The van der Waals surface area contributed by atoms with Crippen LogP contribution < -0.4 is 10.5 Å². The minimum absolute atomic E-state index is 0.470. The van der Waals surface area contributed by atoms with Crippen molar-refractivity contribution in [2.75, 3.05) is 0 Å². The maximum absolute atomic E-state index is 6.10. The second kappa shape index (κ2) is 5.74. The van der Waals surface area contributed by atoms with E-state index < -0.39 is 0 Å². The van der Waals surface area contributed by atoms with Gasteiger partial charge in [-0.2, -0.15) is 0 Å². The van der Waals surface area contributed by atoms with Gasteiger partial charge in [-0.25, -0.2) is 0 Å². The molecule has 0 saturated carbocycles. The molecule has 0 fully saturated rings. The van der Waals surface area contributed by atoms with Crippen LogP contribution in [0, 0.1) is 6.92 Å². The SMILES string of the molecule is Cc1ccc(Cl)c(Oc2cc(Br)cc(CN)c2)c1. The Hall–Kier alpha value is -1.03. The van der Waals surface area contributed by atoms with E-state index in [1.54, 1.807) is 0 Å². The smallest absolute Gasteiger partial charge is 0.146 e. The molecule has 4 heteroatoms. The van der Waals surface area contributed by atoms with Gasteiger partial charge < -0.3 is 10.5 Å². The molecule has 0 spiro atoms. The van der Waals surface area contributed by atoms with Crippen molar-refractivity contribution in [2.45, 2.75) is 13.5 Å². The van der Waals surface area contributed by atoms with Crippen LogP contribution in [0.1, 0.15) is 11.1 Å². The number of hydrogen-bond acceptors (Lipinski definition) is 2. The van der Waals surface area contributed by atoms with E-state index in [-0.39, 0.29) is 0 Å². The van der Waals surface area contributed by atoms with Crippen LogP contribution in [0.5, 0.6) is 11.5 Å². The maximum Gasteiger partial charge on any atom is 0.146 e. The third-order valence-electron chi connectivity index (χ3n) is 2.48. The van der Waals surface area contributed by atoms with E-state index in [9.17, 15) is 0 Å². The van der Waals surface area contributed by atoms with Gasteiger partial charge in [-0.1, -0.05) is 33.6 Å². The molecule has 0 bridgehead atoms. The fourth-order valence-electron chi connectivity index (χ4n) is 1.61. The van der Waals surface area contributed by atoms with Crippen molar-refractivity contribution in [1.82, 2.24) is 0 Å². The van der Waals surface area contributed by atoms with Crippen LogP contribution in [0.3, 0.4) is 0 Å². The lowest BCUT2D eigenvalue weighted by Gasteiger charge is -2.10. The van der Waals surface area contributed by atoms with Crippen molar-refractivity contribution >= 4 is 27.5 Å². The monoisotopic (exact) mass is 325 g/mol. The molecule has 0 amide bonds. The first-order chi connectivity index (χ1) is 8.58. The van der Waals surface area contributed by atoms with Crippen LogP contribution in [0.25, 0.3) is 0 Å². The second-order valence-corrected chi connectivity index (χ2v) is 5.36. The predicted molar refractivity (Wildman–Crippen MR) is 78.3 cm³/mol. The minimum Gasteiger partial charge on any atom is -0.456 e. The maximum atomic E-state index is 6.10. The van der Waals surface area contributed by atoms with E-state index in [4.69, 9.17) is 22.1 Å². The Bertz CT molecular complexity index is 572. The number of nitrogens with two attached hydrogens (primary N) is 1. The van der Waals surface area contributed by atoms with Gasteiger partial charge in [0, 0.05) is 11.0 Å². The minimum atomic E-state index is 0.470. The summed E-state index contributed by atoms with van der Waals surface area (Å²) >= 11 is 9.53. The molecule has 0 radical (unpaired) electrons. The van der Waals surface area contributed by atoms with Gasteiger partial charge in [-0.3, -0.25) is 0 Å². The highest BCUT2D eigenvalue weighted by atomic mass is 79.9. The van der Waals surface area contributed by atoms with Gasteiger partial charge in [-0.15, -0.1) is 0 Å². The molecule has 0 unspecified atom stereocenters. The predicted octanol–water partition coefficient (Wildman–Crippen LogP) is 4.66. The number of halogens is 2. The highest BCUT2D eigenvalue weighted by molar-refractivity contribution is 9.10. The summed E-state index contributed by atoms with van der Waals surface area (Å²) in [5.74, 6) is 1.37. The first kappa shape index (κ1) is 13.4. The van der Waals surface area contributed by atoms with E-state index in [2.05, 4.69) is 15.9 Å². The second-order valence-electron chi connectivity index (χ2n) is 4.04. The summed E-state index contributed by atoms with van der Waals surface area (Å²) in [5.41, 5.74) is 7.74. The Balaban J connectivity index is 2.33. The molecule has 94 valence electrons. The molecule has 0 saturated heterocycles. The number of rotatable bonds is 3. The van der Waals surface area contributed by atoms with Crippen molar-refractivity contribution in [3.05, 3.63) is 57.0 Å². The molecule has 2 aromatic carbocycles. The van der Waals surface area contributed by atoms with Crippen molar-refractivity contribution < 1.29 is 4.74 Å². The Morgan fingerprint density at radius 2 is 2.00 bits per heavy atom. The summed E-state index contributed by atoms with van der Waals surface area (Å²) in [6.07, 6.45) is 0. The van der Waals surface area contributed by atoms with Crippen LogP contribution in [-0.2, 0) is 6.54 Å². The van der Waals surface area contributed by atoms with Gasteiger partial charge in [0.15, 0.2) is 0 Å². The Morgan fingerprint density at radius 3 is 2.72 bits per heavy atom. The van der Waals surface area contributed by atoms with Crippen molar-refractivity contribution in [2.24, 2.45) is 5.73 Å². The lowest BCUT2D eigenvalue weighted by Crippen LogP contribution is -1.96. The summed E-state index contributed by atoms with van der Waals surface area (Å²) in [6, 6.07) is 11.4. The summed E-state index contributed by atoms with van der Waals surface area (Å²) in [6.45, 7) is 2.47. The van der Waals surface area contributed by atoms with E-state index in [1.165, 1.54) is 0 Å². The fourth-order valence-corrected chi connectivity index (χ4v) is 2.29. The molecule has 0 aliphatic heterocycles. The van der Waals surface area contributed by atoms with Crippen LogP contribution in [0.15, 0.2) is 40.9 Å². The van der Waals surface area contributed by atoms with Crippen LogP contribution >= 0.6 is 27.5 Å². The number of aryl methyl sites for hydroxylation is 1. The number of benzene rings is 2. The zero-order valence-electron chi connectivity index (χ0n) is 9.91. The zero-order valence-corrected chi connectivity index (χ0v) is 12.3. The van der Waals surface area contributed by atoms with Gasteiger partial charge in [0.05, 0.1) is 5.02 Å². The van der Waals surface area contributed by atoms with Gasteiger partial charge in [0.25, 0.3) is 0 Å². The molecule has 0 aliphatic rings. The van der Waals surface area contributed by atoms with Crippen molar-refractivity contribution in [1.29, 1.82) is 0 Å². The highest BCUT2D eigenvalue weighted by Gasteiger charge is 2.05. The fraction of sp³-hybridized carbons (Fsp3) is 0.143. The van der Waals surface area contributed by atoms with Gasteiger partial charge in [-0.05, 0) is 48.4 Å². The third-order valence-corrected chi connectivity index (χ3v) is 3.25. The lowest BCUT2D eigenvalue weighted by atomic mass is 10.2. The standard InChI is InChI=1S/C14H13BrClNO/c1-9-2-3-13(16)14(4-9)18-12-6-10(8-17)5-11(15)7-12/h2-7H,8,17H2,1H3. The van der Waals surface area contributed by atoms with Crippen LogP contribution in [-0.4, -0.2) is 0 Å². The molecule has 2 aromatic rings. The molecule has 0 aromatic heterocycles. The molecular formula is C14H13BrClNO. The molecular weight excluding hydrogens is 314 g/mol. The molecule has 18 heavy (non-hydrogen) atoms. The first-order valence-electron chi connectivity index (χ1n) is 5.52. The van der Waals surface area contributed by atoms with Crippen molar-refractivity contribution in [3.8, 4) is 11.5 Å². The summed E-state index contributed by atoms with van der Waals surface area (Å²) in [5, 5.41) is 0.592. The molecule has 0 aliphatic carbocycles. The summed E-state index contributed by atoms with van der Waals surface area (Å²) in [7, 11) is 0. The third kappa shape index (κ3) is 3.25. The Morgan fingerprint density at radius 1 is 1.22 bits per heavy atom. The van der Waals surface area contributed by atoms with Gasteiger partial charge >= 0.3 is 0 Å². The molecule has 2 N–H and O–H groups in total. The molecule has 2 nitrogen and oxygen atoms in total. The van der Waals surface area contributed by atoms with E-state index in [0.29, 0.717) is 17.3 Å². The number of ether oxygens (including phenoxy) is 1. The van der Waals surface area contributed by atoms with E-state index >= 15 is 0 Å². The summed E-state index contributed by atoms with van der Waals surface area (Å²) in [4.78, 5) is 0. The van der Waals surface area contributed by atoms with E-state index in [1.807, 2.05) is 43.3 Å². The van der Waals surface area contributed by atoms with E-state index in [0.717, 1.165) is 21.3 Å². The lowest BCUT2D eigenvalue weighted by molar-refractivity contribution is 0.481. The first-order valence-corrected chi connectivity index (χ1v) is 6.69. The van der Waals surface area contributed by atoms with Gasteiger partial charge in [0.1, 0.15) is 11.5 Å². The highest BCUT2D eigenvalue weighted by Crippen LogP contribution is 2.32. The number of hydrogen-bond donors (Lipinski definition) is 1. The normalized spacial score (nSPS) is 10.4.